The van der Waals surface area contributed by atoms with E-state index < -0.39 is 0 Å². The fraction of sp³-hybridized carbons (Fsp3) is 0.647. The number of rotatable bonds is 9. The summed E-state index contributed by atoms with van der Waals surface area (Å²) in [5.74, 6) is 0.995. The number of hydrogen-bond acceptors (Lipinski definition) is 3. The number of ether oxygens (including phenoxy) is 1. The molecule has 0 fully saturated rings. The maximum Gasteiger partial charge on any atom is 0.123 e. The second kappa shape index (κ2) is 8.98. The minimum Gasteiger partial charge on any atom is -0.496 e. The predicted octanol–water partition coefficient (Wildman–Crippen LogP) is 3.60. The van der Waals surface area contributed by atoms with Gasteiger partial charge in [0.1, 0.15) is 5.75 Å². The molecule has 0 amide bonds. The third kappa shape index (κ3) is 4.80. The summed E-state index contributed by atoms with van der Waals surface area (Å²) < 4.78 is 5.52. The summed E-state index contributed by atoms with van der Waals surface area (Å²) in [6, 6.07) is 6.88. The van der Waals surface area contributed by atoms with Crippen LogP contribution in [0.15, 0.2) is 18.2 Å². The molecule has 0 aliphatic rings. The van der Waals surface area contributed by atoms with Crippen LogP contribution in [-0.2, 0) is 6.54 Å². The predicted molar refractivity (Wildman–Crippen MR) is 86.3 cm³/mol. The molecule has 0 radical (unpaired) electrons. The van der Waals surface area contributed by atoms with Gasteiger partial charge in [0.25, 0.3) is 0 Å². The summed E-state index contributed by atoms with van der Waals surface area (Å²) in [6.07, 6.45) is 2.38. The SMILES string of the molecule is CCCN(CCC)Cc1cc(C(C)NC)ccc1OC. The standard InChI is InChI=1S/C17H30N2O/c1-6-10-19(11-7-2)13-16-12-15(14(3)18-4)8-9-17(16)20-5/h8-9,12,14,18H,6-7,10-11,13H2,1-5H3. The maximum absolute atomic E-state index is 5.52. The summed E-state index contributed by atoms with van der Waals surface area (Å²) in [6.45, 7) is 9.90. The van der Waals surface area contributed by atoms with Crippen LogP contribution in [0.25, 0.3) is 0 Å². The number of nitrogens with one attached hydrogen (secondary N) is 1. The van der Waals surface area contributed by atoms with Gasteiger partial charge in [-0.15, -0.1) is 0 Å². The van der Waals surface area contributed by atoms with Crippen LogP contribution in [0.4, 0.5) is 0 Å². The van der Waals surface area contributed by atoms with Crippen molar-refractivity contribution in [2.45, 2.75) is 46.2 Å². The highest BCUT2D eigenvalue weighted by atomic mass is 16.5. The lowest BCUT2D eigenvalue weighted by Crippen LogP contribution is -2.25. The van der Waals surface area contributed by atoms with E-state index >= 15 is 0 Å². The van der Waals surface area contributed by atoms with E-state index in [2.05, 4.69) is 49.2 Å². The third-order valence-corrected chi connectivity index (χ3v) is 3.71. The first kappa shape index (κ1) is 17.0. The molecule has 1 aromatic rings. The first-order chi connectivity index (χ1) is 9.65. The molecule has 0 bridgehead atoms. The fourth-order valence-electron chi connectivity index (χ4n) is 2.50. The van der Waals surface area contributed by atoms with Gasteiger partial charge in [-0.2, -0.15) is 0 Å². The van der Waals surface area contributed by atoms with E-state index in [0.29, 0.717) is 6.04 Å². The van der Waals surface area contributed by atoms with Gasteiger partial charge < -0.3 is 10.1 Å². The van der Waals surface area contributed by atoms with E-state index in [9.17, 15) is 0 Å². The van der Waals surface area contributed by atoms with E-state index in [1.54, 1.807) is 7.11 Å². The van der Waals surface area contributed by atoms with Crippen molar-refractivity contribution in [1.29, 1.82) is 0 Å². The van der Waals surface area contributed by atoms with Crippen molar-refractivity contribution in [3.05, 3.63) is 29.3 Å². The molecule has 0 aliphatic heterocycles. The van der Waals surface area contributed by atoms with Gasteiger partial charge in [0.05, 0.1) is 7.11 Å². The number of hydrogen-bond donors (Lipinski definition) is 1. The molecular formula is C17H30N2O. The van der Waals surface area contributed by atoms with Crippen molar-refractivity contribution in [1.82, 2.24) is 10.2 Å². The summed E-state index contributed by atoms with van der Waals surface area (Å²) in [5.41, 5.74) is 2.60. The molecular weight excluding hydrogens is 248 g/mol. The number of methoxy groups -OCH3 is 1. The van der Waals surface area contributed by atoms with Crippen LogP contribution >= 0.6 is 0 Å². The Balaban J connectivity index is 2.94. The first-order valence-corrected chi connectivity index (χ1v) is 7.72. The molecule has 3 heteroatoms. The minimum absolute atomic E-state index is 0.366. The van der Waals surface area contributed by atoms with Crippen molar-refractivity contribution in [3.63, 3.8) is 0 Å². The summed E-state index contributed by atoms with van der Waals surface area (Å²) >= 11 is 0. The van der Waals surface area contributed by atoms with E-state index in [1.807, 2.05) is 7.05 Å². The topological polar surface area (TPSA) is 24.5 Å². The second-order valence-electron chi connectivity index (χ2n) is 5.36. The van der Waals surface area contributed by atoms with Crippen LogP contribution in [0.2, 0.25) is 0 Å². The van der Waals surface area contributed by atoms with Gasteiger partial charge in [-0.3, -0.25) is 4.90 Å². The van der Waals surface area contributed by atoms with E-state index in [4.69, 9.17) is 4.74 Å². The smallest absolute Gasteiger partial charge is 0.123 e. The Hall–Kier alpha value is -1.06. The van der Waals surface area contributed by atoms with Crippen molar-refractivity contribution in [2.24, 2.45) is 0 Å². The lowest BCUT2D eigenvalue weighted by Gasteiger charge is -2.23. The summed E-state index contributed by atoms with van der Waals surface area (Å²) in [4.78, 5) is 2.51. The molecule has 1 unspecified atom stereocenters. The van der Waals surface area contributed by atoms with Gasteiger partial charge in [-0.25, -0.2) is 0 Å². The molecule has 1 N–H and O–H groups in total. The fourth-order valence-corrected chi connectivity index (χ4v) is 2.50. The molecule has 1 rings (SSSR count). The Labute approximate surface area is 124 Å². The monoisotopic (exact) mass is 278 g/mol. The molecule has 1 aromatic carbocycles. The first-order valence-electron chi connectivity index (χ1n) is 7.72. The third-order valence-electron chi connectivity index (χ3n) is 3.71. The van der Waals surface area contributed by atoms with Crippen LogP contribution in [-0.4, -0.2) is 32.1 Å². The Morgan fingerprint density at radius 2 is 1.85 bits per heavy atom. The Bertz CT molecular complexity index is 387. The van der Waals surface area contributed by atoms with E-state index in [0.717, 1.165) is 25.4 Å². The van der Waals surface area contributed by atoms with E-state index in [-0.39, 0.29) is 0 Å². The molecule has 3 nitrogen and oxygen atoms in total. The number of benzene rings is 1. The lowest BCUT2D eigenvalue weighted by molar-refractivity contribution is 0.261. The van der Waals surface area contributed by atoms with Gasteiger partial charge in [-0.05, 0) is 57.6 Å². The molecule has 1 atom stereocenters. The lowest BCUT2D eigenvalue weighted by atomic mass is 10.0. The largest absolute Gasteiger partial charge is 0.496 e. The normalized spacial score (nSPS) is 12.7. The average molecular weight is 278 g/mol. The van der Waals surface area contributed by atoms with Crippen molar-refractivity contribution in [3.8, 4) is 5.75 Å². The van der Waals surface area contributed by atoms with Crippen molar-refractivity contribution in [2.75, 3.05) is 27.2 Å². The number of nitrogens with zero attached hydrogens (tertiary/aromatic N) is 1. The quantitative estimate of drug-likeness (QED) is 0.747. The molecule has 114 valence electrons. The maximum atomic E-state index is 5.52. The molecule has 0 aromatic heterocycles. The van der Waals surface area contributed by atoms with Crippen LogP contribution in [0, 0.1) is 0 Å². The highest BCUT2D eigenvalue weighted by Crippen LogP contribution is 2.24. The molecule has 0 aliphatic carbocycles. The molecule has 0 saturated heterocycles. The Morgan fingerprint density at radius 3 is 2.35 bits per heavy atom. The molecule has 0 heterocycles. The van der Waals surface area contributed by atoms with Gasteiger partial charge in [0.15, 0.2) is 0 Å². The Kier molecular flexibility index (Phi) is 7.63. The van der Waals surface area contributed by atoms with E-state index in [1.165, 1.54) is 24.0 Å². The zero-order valence-electron chi connectivity index (χ0n) is 13.7. The Morgan fingerprint density at radius 1 is 1.20 bits per heavy atom. The van der Waals surface area contributed by atoms with Crippen molar-refractivity contribution < 1.29 is 4.74 Å². The van der Waals surface area contributed by atoms with Crippen molar-refractivity contribution >= 4 is 0 Å². The van der Waals surface area contributed by atoms with Crippen LogP contribution in [0.3, 0.4) is 0 Å². The van der Waals surface area contributed by atoms with Gasteiger partial charge in [-0.1, -0.05) is 19.9 Å². The molecule has 20 heavy (non-hydrogen) atoms. The minimum atomic E-state index is 0.366. The van der Waals surface area contributed by atoms with Gasteiger partial charge in [0.2, 0.25) is 0 Å². The second-order valence-corrected chi connectivity index (χ2v) is 5.36. The molecule has 0 saturated carbocycles. The van der Waals surface area contributed by atoms with Crippen LogP contribution in [0.1, 0.15) is 50.8 Å². The summed E-state index contributed by atoms with van der Waals surface area (Å²) in [5, 5.41) is 3.30. The zero-order valence-corrected chi connectivity index (χ0v) is 13.7. The zero-order chi connectivity index (χ0) is 15.0. The highest BCUT2D eigenvalue weighted by molar-refractivity contribution is 5.38. The van der Waals surface area contributed by atoms with Crippen LogP contribution in [0.5, 0.6) is 5.75 Å². The summed E-state index contributed by atoms with van der Waals surface area (Å²) in [7, 11) is 3.75. The highest BCUT2D eigenvalue weighted by Gasteiger charge is 2.11. The van der Waals surface area contributed by atoms with Gasteiger partial charge >= 0.3 is 0 Å². The van der Waals surface area contributed by atoms with Gasteiger partial charge in [0, 0.05) is 18.2 Å². The van der Waals surface area contributed by atoms with Crippen LogP contribution < -0.4 is 10.1 Å². The average Bonchev–Trinajstić information content (AvgIpc) is 2.47. The molecule has 0 spiro atoms.